The van der Waals surface area contributed by atoms with Crippen LogP contribution in [0.2, 0.25) is 0 Å². The zero-order chi connectivity index (χ0) is 23.9. The minimum absolute atomic E-state index is 0.0238. The van der Waals surface area contributed by atoms with Crippen molar-refractivity contribution >= 4 is 14.4 Å². The van der Waals surface area contributed by atoms with E-state index in [4.69, 9.17) is 24.0 Å². The van der Waals surface area contributed by atoms with Gasteiger partial charge in [-0.25, -0.2) is 13.9 Å². The van der Waals surface area contributed by atoms with Crippen LogP contribution in [0.25, 0.3) is 11.3 Å². The van der Waals surface area contributed by atoms with Crippen LogP contribution in [0.3, 0.4) is 0 Å². The molecule has 3 aromatic heterocycles. The lowest BCUT2D eigenvalue weighted by Gasteiger charge is -2.08. The van der Waals surface area contributed by atoms with E-state index in [0.29, 0.717) is 35.1 Å². The van der Waals surface area contributed by atoms with Crippen molar-refractivity contribution in [2.45, 2.75) is 19.8 Å². The first-order valence-electron chi connectivity index (χ1n) is 10.2. The molecule has 0 aliphatic rings. The summed E-state index contributed by atoms with van der Waals surface area (Å²) in [5.74, 6) is 1.04. The summed E-state index contributed by atoms with van der Waals surface area (Å²) >= 11 is 0. The second kappa shape index (κ2) is 11.1. The van der Waals surface area contributed by atoms with Gasteiger partial charge in [0.1, 0.15) is 18.0 Å². The lowest BCUT2D eigenvalue weighted by Crippen LogP contribution is -2.37. The van der Waals surface area contributed by atoms with Gasteiger partial charge in [-0.3, -0.25) is 10.3 Å². The third-order valence-electron chi connectivity index (χ3n) is 4.86. The molecule has 11 heteroatoms. The van der Waals surface area contributed by atoms with Gasteiger partial charge >= 0.3 is 8.60 Å². The number of hydrogen-bond donors (Lipinski definition) is 2. The van der Waals surface area contributed by atoms with Crippen molar-refractivity contribution in [2.24, 2.45) is 0 Å². The van der Waals surface area contributed by atoms with Crippen LogP contribution in [-0.2, 0) is 28.8 Å². The predicted molar refractivity (Wildman–Crippen MR) is 122 cm³/mol. The Labute approximate surface area is 196 Å². The molecule has 3 N–H and O–H groups in total. The molecule has 1 aromatic carbocycles. The Hall–Kier alpha value is -3.43. The fourth-order valence-electron chi connectivity index (χ4n) is 3.16. The number of benzene rings is 1. The molecule has 0 bridgehead atoms. The van der Waals surface area contributed by atoms with Gasteiger partial charge in [-0.1, -0.05) is 23.4 Å². The van der Waals surface area contributed by atoms with Crippen molar-refractivity contribution in [3.63, 3.8) is 0 Å². The number of halogens is 1. The molecule has 0 fully saturated rings. The first-order valence-corrected chi connectivity index (χ1v) is 11.4. The Bertz CT molecular complexity index is 1240. The maximum Gasteiger partial charge on any atom is 0.332 e. The fourth-order valence-corrected chi connectivity index (χ4v) is 3.49. The maximum atomic E-state index is 13.3. The van der Waals surface area contributed by atoms with Gasteiger partial charge in [-0.2, -0.15) is 0 Å². The molecule has 1 unspecified atom stereocenters. The lowest BCUT2D eigenvalue weighted by molar-refractivity contribution is -0.711. The molecule has 0 aliphatic carbocycles. The second-order valence-corrected chi connectivity index (χ2v) is 8.34. The molecule has 4 rings (SSSR count). The van der Waals surface area contributed by atoms with Crippen LogP contribution in [0.5, 0.6) is 5.88 Å². The number of nitrogens with zero attached hydrogens (tertiary/aromatic N) is 3. The summed E-state index contributed by atoms with van der Waals surface area (Å²) in [6.07, 6.45) is 3.91. The molecule has 1 atom stereocenters. The van der Waals surface area contributed by atoms with Gasteiger partial charge in [0.2, 0.25) is 5.88 Å². The smallest absolute Gasteiger partial charge is 0.332 e. The van der Waals surface area contributed by atoms with E-state index in [2.05, 4.69) is 10.1 Å². The molecule has 3 heterocycles. The highest BCUT2D eigenvalue weighted by molar-refractivity contribution is 7.40. The van der Waals surface area contributed by atoms with E-state index in [1.54, 1.807) is 53.4 Å². The monoisotopic (exact) mass is 485 g/mol. The predicted octanol–water partition coefficient (Wildman–Crippen LogP) is 3.75. The molecular weight excluding hydrogens is 462 g/mol. The van der Waals surface area contributed by atoms with Gasteiger partial charge in [0.05, 0.1) is 11.9 Å². The summed E-state index contributed by atoms with van der Waals surface area (Å²) < 4.78 is 35.9. The van der Waals surface area contributed by atoms with E-state index in [1.165, 1.54) is 19.2 Å². The molecule has 34 heavy (non-hydrogen) atoms. The maximum absolute atomic E-state index is 13.3. The average Bonchev–Trinajstić information content (AvgIpc) is 3.31. The number of nitrogens with two attached hydrogens (primary N) is 1. The van der Waals surface area contributed by atoms with Crippen molar-refractivity contribution in [1.29, 1.82) is 0 Å². The summed E-state index contributed by atoms with van der Waals surface area (Å²) in [4.78, 5) is 13.8. The zero-order valence-electron chi connectivity index (χ0n) is 18.3. The van der Waals surface area contributed by atoms with E-state index in [1.807, 2.05) is 6.07 Å². The molecule has 0 aliphatic heterocycles. The highest BCUT2D eigenvalue weighted by Crippen LogP contribution is 2.31. The Morgan fingerprint density at radius 1 is 1.15 bits per heavy atom. The van der Waals surface area contributed by atoms with E-state index >= 15 is 0 Å². The number of aromatic nitrogens is 3. The fraction of sp³-hybridized carbons (Fsp3) is 0.174. The van der Waals surface area contributed by atoms with E-state index in [9.17, 15) is 9.28 Å². The summed E-state index contributed by atoms with van der Waals surface area (Å²) in [5, 5.41) is 4.13. The Kier molecular flexibility index (Phi) is 7.76. The quantitative estimate of drug-likeness (QED) is 0.258. The van der Waals surface area contributed by atoms with Gasteiger partial charge in [-0.15, -0.1) is 0 Å². The second-order valence-electron chi connectivity index (χ2n) is 7.24. The Balaban J connectivity index is 1.38. The number of ether oxygens (including phenoxy) is 1. The number of hydrogen-bond acceptors (Lipinski definition) is 8. The lowest BCUT2D eigenvalue weighted by atomic mass is 10.1. The normalized spacial score (nSPS) is 12.0. The van der Waals surface area contributed by atoms with E-state index < -0.39 is 8.60 Å². The Morgan fingerprint density at radius 2 is 2.03 bits per heavy atom. The zero-order valence-corrected chi connectivity index (χ0v) is 19.2. The van der Waals surface area contributed by atoms with Gasteiger partial charge in [0.15, 0.2) is 12.5 Å². The molecule has 0 saturated heterocycles. The van der Waals surface area contributed by atoms with Gasteiger partial charge in [-0.05, 0) is 35.4 Å². The van der Waals surface area contributed by atoms with Crippen LogP contribution in [-0.4, -0.2) is 22.1 Å². The number of anilines is 1. The van der Waals surface area contributed by atoms with Gasteiger partial charge < -0.3 is 18.7 Å². The minimum atomic E-state index is -1.96. The van der Waals surface area contributed by atoms with Crippen LogP contribution in [0.1, 0.15) is 16.8 Å². The van der Waals surface area contributed by atoms with Crippen molar-refractivity contribution in [1.82, 2.24) is 10.1 Å². The summed E-state index contributed by atoms with van der Waals surface area (Å²) in [6, 6.07) is 15.3. The van der Waals surface area contributed by atoms with Crippen LogP contribution < -0.4 is 15.0 Å². The standard InChI is InChI=1S/C23H22FN4O5P/c1-30-34(29)32-15-28-9-3-6-20(23(28)25)21-12-19(27-33-21)11-16-7-8-22(26-13-16)31-14-17-4-2-5-18(24)10-17/h2-10,12-13,25,29H,11,14-15H2,1H3/p+1. The summed E-state index contributed by atoms with van der Waals surface area (Å²) in [7, 11) is -0.607. The van der Waals surface area contributed by atoms with Gasteiger partial charge in [0, 0.05) is 31.9 Å². The molecule has 0 spiro atoms. The van der Waals surface area contributed by atoms with E-state index in [-0.39, 0.29) is 19.2 Å². The first kappa shape index (κ1) is 23.7. The van der Waals surface area contributed by atoms with Crippen molar-refractivity contribution in [2.75, 3.05) is 12.8 Å². The number of nitrogen functional groups attached to an aromatic ring is 1. The molecule has 9 nitrogen and oxygen atoms in total. The van der Waals surface area contributed by atoms with Crippen LogP contribution in [0.4, 0.5) is 10.2 Å². The average molecular weight is 485 g/mol. The minimum Gasteiger partial charge on any atom is -0.473 e. The third-order valence-corrected chi connectivity index (χ3v) is 5.51. The van der Waals surface area contributed by atoms with Gasteiger partial charge in [0.25, 0.3) is 5.82 Å². The van der Waals surface area contributed by atoms with E-state index in [0.717, 1.165) is 11.1 Å². The molecular formula is C23H23FN4O5P+. The van der Waals surface area contributed by atoms with Crippen LogP contribution in [0.15, 0.2) is 71.5 Å². The molecule has 4 aromatic rings. The summed E-state index contributed by atoms with van der Waals surface area (Å²) in [5.41, 5.74) is 9.22. The van der Waals surface area contributed by atoms with Crippen molar-refractivity contribution < 1.29 is 32.2 Å². The molecule has 0 amide bonds. The molecule has 176 valence electrons. The summed E-state index contributed by atoms with van der Waals surface area (Å²) in [6.45, 7) is 0.252. The highest BCUT2D eigenvalue weighted by atomic mass is 31.2. The third kappa shape index (κ3) is 6.12. The van der Waals surface area contributed by atoms with Crippen LogP contribution >= 0.6 is 8.60 Å². The SMILES string of the molecule is COP(O)OC[n+]1cccc(-c2cc(Cc3ccc(OCc4cccc(F)c4)nc3)no2)c1N. The Morgan fingerprint density at radius 3 is 2.79 bits per heavy atom. The number of pyridine rings is 2. The largest absolute Gasteiger partial charge is 0.473 e. The van der Waals surface area contributed by atoms with Crippen molar-refractivity contribution in [3.05, 3.63) is 89.6 Å². The number of rotatable bonds is 10. The van der Waals surface area contributed by atoms with Crippen molar-refractivity contribution in [3.8, 4) is 17.2 Å². The van der Waals surface area contributed by atoms with Crippen LogP contribution in [0, 0.1) is 5.82 Å². The first-order chi connectivity index (χ1) is 16.5. The topological polar surface area (TPSA) is 117 Å². The molecule has 0 radical (unpaired) electrons. The highest BCUT2D eigenvalue weighted by Gasteiger charge is 2.18. The molecule has 0 saturated carbocycles.